The van der Waals surface area contributed by atoms with Gasteiger partial charge in [-0.05, 0) is 82.5 Å². The Morgan fingerprint density at radius 1 is 1.18 bits per heavy atom. The second kappa shape index (κ2) is 10.8. The molecule has 0 aliphatic heterocycles. The van der Waals surface area contributed by atoms with E-state index in [2.05, 4.69) is 33.4 Å². The maximum absolute atomic E-state index is 13.6. The predicted octanol–water partition coefficient (Wildman–Crippen LogP) is 6.63. The van der Waals surface area contributed by atoms with E-state index < -0.39 is 11.1 Å². The summed E-state index contributed by atoms with van der Waals surface area (Å²) in [5.41, 5.74) is 2.26. The summed E-state index contributed by atoms with van der Waals surface area (Å²) in [5, 5.41) is 21.3. The van der Waals surface area contributed by atoms with Crippen LogP contribution in [0.5, 0.6) is 5.75 Å². The molecule has 2 heterocycles. The molecule has 10 heteroatoms. The van der Waals surface area contributed by atoms with Crippen molar-refractivity contribution in [1.29, 1.82) is 5.26 Å². The number of thiophene rings is 1. The number of alkyl halides is 3. The fourth-order valence-electron chi connectivity index (χ4n) is 4.51. The molecule has 5 rings (SSSR count). The molecule has 194 valence electrons. The third kappa shape index (κ3) is 5.66. The Morgan fingerprint density at radius 3 is 2.66 bits per heavy atom. The number of fused-ring (bicyclic) bond motifs is 1. The van der Waals surface area contributed by atoms with E-state index in [0.29, 0.717) is 46.6 Å². The minimum Gasteiger partial charge on any atom is -0.489 e. The first-order valence-corrected chi connectivity index (χ1v) is 13.1. The molecular weight excluding hydrogens is 511 g/mol. The molecule has 38 heavy (non-hydrogen) atoms. The molecule has 0 spiro atoms. The fourth-order valence-corrected chi connectivity index (χ4v) is 5.65. The Labute approximate surface area is 222 Å². The SMILES string of the molecule is CC#CC(Cc1nnnn1CCC#N)c1ccc(OCc2ccc3sc(C(F)(F)F)c(C4CC4)c3c2)cc1. The number of benzene rings is 2. The van der Waals surface area contributed by atoms with E-state index in [1.165, 1.54) is 0 Å². The third-order valence-corrected chi connectivity index (χ3v) is 7.70. The van der Waals surface area contributed by atoms with Crippen molar-refractivity contribution in [3.8, 4) is 23.7 Å². The highest BCUT2D eigenvalue weighted by molar-refractivity contribution is 7.19. The van der Waals surface area contributed by atoms with Gasteiger partial charge in [0.2, 0.25) is 0 Å². The summed E-state index contributed by atoms with van der Waals surface area (Å²) in [6, 6.07) is 15.1. The number of halogens is 3. The number of nitrogens with zero attached hydrogens (tertiary/aromatic N) is 5. The highest BCUT2D eigenvalue weighted by atomic mass is 32.1. The zero-order valence-corrected chi connectivity index (χ0v) is 21.4. The van der Waals surface area contributed by atoms with Crippen LogP contribution in [0.4, 0.5) is 13.2 Å². The van der Waals surface area contributed by atoms with Crippen molar-refractivity contribution in [1.82, 2.24) is 20.2 Å². The average Bonchev–Trinajstić information content (AvgIpc) is 3.52. The average molecular weight is 536 g/mol. The van der Waals surface area contributed by atoms with Crippen LogP contribution in [-0.4, -0.2) is 20.2 Å². The molecule has 1 unspecified atom stereocenters. The van der Waals surface area contributed by atoms with Gasteiger partial charge < -0.3 is 4.74 Å². The van der Waals surface area contributed by atoms with Gasteiger partial charge in [0.25, 0.3) is 0 Å². The Hall–Kier alpha value is -3.89. The first kappa shape index (κ1) is 25.7. The molecule has 2 aromatic heterocycles. The van der Waals surface area contributed by atoms with E-state index in [4.69, 9.17) is 10.00 Å². The lowest BCUT2D eigenvalue weighted by atomic mass is 9.95. The maximum atomic E-state index is 13.6. The topological polar surface area (TPSA) is 76.6 Å². The first-order valence-electron chi connectivity index (χ1n) is 12.3. The van der Waals surface area contributed by atoms with Gasteiger partial charge in [0.15, 0.2) is 5.82 Å². The number of nitriles is 1. The molecule has 1 aliphatic carbocycles. The molecule has 1 aliphatic rings. The Bertz CT molecular complexity index is 1540. The monoisotopic (exact) mass is 535 g/mol. The standard InChI is InChI=1S/C28H24F3N5OS/c1-2-4-21(16-25-33-34-35-36(25)14-3-13-32)19-8-10-22(11-9-19)37-17-18-5-12-24-23(15-18)26(20-6-7-20)27(38-24)28(29,30)31/h5,8-12,15,20-21H,3,6-7,14,16-17H2,1H3. The van der Waals surface area contributed by atoms with Crippen LogP contribution in [0.3, 0.4) is 0 Å². The predicted molar refractivity (Wildman–Crippen MR) is 138 cm³/mol. The minimum atomic E-state index is -4.33. The van der Waals surface area contributed by atoms with Crippen LogP contribution in [0.1, 0.15) is 65.4 Å². The minimum absolute atomic E-state index is 0.000725. The lowest BCUT2D eigenvalue weighted by Crippen LogP contribution is -2.10. The van der Waals surface area contributed by atoms with Gasteiger partial charge in [-0.1, -0.05) is 24.1 Å². The summed E-state index contributed by atoms with van der Waals surface area (Å²) < 4.78 is 49.1. The van der Waals surface area contributed by atoms with Gasteiger partial charge in [-0.15, -0.1) is 22.4 Å². The van der Waals surface area contributed by atoms with Crippen molar-refractivity contribution in [3.05, 3.63) is 69.9 Å². The zero-order valence-electron chi connectivity index (χ0n) is 20.6. The lowest BCUT2D eigenvalue weighted by Gasteiger charge is -2.13. The summed E-state index contributed by atoms with van der Waals surface area (Å²) in [5.74, 6) is 7.35. The molecular formula is C28H24F3N5OS. The van der Waals surface area contributed by atoms with Gasteiger partial charge in [0.05, 0.1) is 25.0 Å². The van der Waals surface area contributed by atoms with Crippen molar-refractivity contribution >= 4 is 21.4 Å². The number of aryl methyl sites for hydroxylation is 1. The van der Waals surface area contributed by atoms with E-state index in [9.17, 15) is 13.2 Å². The fraction of sp³-hybridized carbons (Fsp3) is 0.357. The van der Waals surface area contributed by atoms with E-state index in [1.807, 2.05) is 36.4 Å². The maximum Gasteiger partial charge on any atom is 0.425 e. The molecule has 0 bridgehead atoms. The van der Waals surface area contributed by atoms with Crippen LogP contribution in [0.2, 0.25) is 0 Å². The van der Waals surface area contributed by atoms with E-state index >= 15 is 0 Å². The van der Waals surface area contributed by atoms with Crippen molar-refractivity contribution < 1.29 is 17.9 Å². The van der Waals surface area contributed by atoms with Crippen LogP contribution in [0.25, 0.3) is 10.1 Å². The number of hydrogen-bond acceptors (Lipinski definition) is 6. The summed E-state index contributed by atoms with van der Waals surface area (Å²) in [7, 11) is 0. The Morgan fingerprint density at radius 2 is 1.97 bits per heavy atom. The third-order valence-electron chi connectivity index (χ3n) is 6.47. The first-order chi connectivity index (χ1) is 18.4. The zero-order chi connectivity index (χ0) is 26.7. The number of aromatic nitrogens is 4. The summed E-state index contributed by atoms with van der Waals surface area (Å²) in [4.78, 5) is -0.465. The molecule has 0 amide bonds. The molecule has 6 nitrogen and oxygen atoms in total. The molecule has 1 saturated carbocycles. The van der Waals surface area contributed by atoms with Gasteiger partial charge in [-0.3, -0.25) is 0 Å². The summed E-state index contributed by atoms with van der Waals surface area (Å²) in [6.07, 6.45) is -1.90. The van der Waals surface area contributed by atoms with Gasteiger partial charge in [-0.25, -0.2) is 4.68 Å². The highest BCUT2D eigenvalue weighted by Crippen LogP contribution is 2.52. The van der Waals surface area contributed by atoms with Crippen LogP contribution in [-0.2, 0) is 25.7 Å². The molecule has 0 saturated heterocycles. The highest BCUT2D eigenvalue weighted by Gasteiger charge is 2.41. The number of ether oxygens (including phenoxy) is 1. The second-order valence-corrected chi connectivity index (χ2v) is 10.2. The number of tetrazole rings is 1. The lowest BCUT2D eigenvalue weighted by molar-refractivity contribution is -0.134. The van der Waals surface area contributed by atoms with Gasteiger partial charge in [-0.2, -0.15) is 18.4 Å². The van der Waals surface area contributed by atoms with Gasteiger partial charge in [0, 0.05) is 11.1 Å². The van der Waals surface area contributed by atoms with E-state index in [-0.39, 0.29) is 18.4 Å². The van der Waals surface area contributed by atoms with E-state index in [1.54, 1.807) is 17.7 Å². The molecule has 0 N–H and O–H groups in total. The van der Waals surface area contributed by atoms with Crippen molar-refractivity contribution in [2.24, 2.45) is 0 Å². The molecule has 4 aromatic rings. The smallest absolute Gasteiger partial charge is 0.425 e. The van der Waals surface area contributed by atoms with Crippen LogP contribution < -0.4 is 4.74 Å². The van der Waals surface area contributed by atoms with Gasteiger partial charge >= 0.3 is 6.18 Å². The number of hydrogen-bond donors (Lipinski definition) is 0. The van der Waals surface area contributed by atoms with E-state index in [0.717, 1.165) is 35.3 Å². The molecule has 1 fully saturated rings. The van der Waals surface area contributed by atoms with Crippen molar-refractivity contribution in [3.63, 3.8) is 0 Å². The number of rotatable bonds is 9. The van der Waals surface area contributed by atoms with Gasteiger partial charge in [0.1, 0.15) is 17.2 Å². The molecule has 1 atom stereocenters. The largest absolute Gasteiger partial charge is 0.489 e. The quantitative estimate of drug-likeness (QED) is 0.225. The van der Waals surface area contributed by atoms with Crippen molar-refractivity contribution in [2.75, 3.05) is 0 Å². The Kier molecular flexibility index (Phi) is 7.35. The summed E-state index contributed by atoms with van der Waals surface area (Å²) in [6.45, 7) is 2.46. The molecule has 2 aromatic carbocycles. The second-order valence-electron chi connectivity index (χ2n) is 9.18. The van der Waals surface area contributed by atoms with Crippen LogP contribution in [0.15, 0.2) is 42.5 Å². The van der Waals surface area contributed by atoms with Crippen LogP contribution in [0, 0.1) is 23.2 Å². The van der Waals surface area contributed by atoms with Crippen LogP contribution >= 0.6 is 11.3 Å². The Balaban J connectivity index is 1.29. The molecule has 0 radical (unpaired) electrons. The normalized spacial score (nSPS) is 14.1. The van der Waals surface area contributed by atoms with Crippen molar-refractivity contribution in [2.45, 2.75) is 63.8 Å². The summed E-state index contributed by atoms with van der Waals surface area (Å²) >= 11 is 0.831.